The summed E-state index contributed by atoms with van der Waals surface area (Å²) in [5.41, 5.74) is 1.34. The second kappa shape index (κ2) is 4.48. The fraction of sp³-hybridized carbons (Fsp3) is 0.571. The quantitative estimate of drug-likeness (QED) is 0.548. The highest BCUT2D eigenvalue weighted by Crippen LogP contribution is 2.63. The van der Waals surface area contributed by atoms with Gasteiger partial charge in [-0.2, -0.15) is 0 Å². The van der Waals surface area contributed by atoms with Crippen molar-refractivity contribution in [1.29, 1.82) is 0 Å². The van der Waals surface area contributed by atoms with Crippen molar-refractivity contribution in [2.45, 2.75) is 51.6 Å². The van der Waals surface area contributed by atoms with Crippen LogP contribution in [0.1, 0.15) is 46.0 Å². The first-order valence-electron chi connectivity index (χ1n) is 8.68. The average Bonchev–Trinajstić information content (AvgIpc) is 2.80. The Balaban J connectivity index is 1.82. The van der Waals surface area contributed by atoms with Gasteiger partial charge in [0.05, 0.1) is 0 Å². The number of ketones is 1. The third-order valence-electron chi connectivity index (χ3n) is 7.30. The van der Waals surface area contributed by atoms with E-state index in [0.717, 1.165) is 24.8 Å². The highest BCUT2D eigenvalue weighted by atomic mass is 16.3. The van der Waals surface area contributed by atoms with Crippen LogP contribution in [0, 0.1) is 35.0 Å². The Hall–Kier alpha value is -1.59. The number of fused-ring (bicyclic) bond motifs is 5. The molecule has 4 aliphatic rings. The number of carbonyl (C=O) groups is 1. The largest absolute Gasteiger partial charge is 0.377 e. The summed E-state index contributed by atoms with van der Waals surface area (Å²) in [5, 5.41) is 10.9. The van der Waals surface area contributed by atoms with Crippen LogP contribution in [0.5, 0.6) is 0 Å². The van der Waals surface area contributed by atoms with Gasteiger partial charge in [-0.25, -0.2) is 0 Å². The minimum absolute atomic E-state index is 0.0223. The summed E-state index contributed by atoms with van der Waals surface area (Å²) in [5.74, 6) is 3.66. The van der Waals surface area contributed by atoms with Crippen molar-refractivity contribution in [3.63, 3.8) is 0 Å². The first kappa shape index (κ1) is 15.0. The monoisotopic (exact) mass is 308 g/mol. The van der Waals surface area contributed by atoms with E-state index in [2.05, 4.69) is 38.0 Å². The molecule has 2 nitrogen and oxygen atoms in total. The van der Waals surface area contributed by atoms with E-state index in [-0.39, 0.29) is 16.6 Å². The molecule has 0 aromatic rings. The van der Waals surface area contributed by atoms with Crippen molar-refractivity contribution in [2.24, 2.45) is 22.7 Å². The van der Waals surface area contributed by atoms with Crippen molar-refractivity contribution in [1.82, 2.24) is 0 Å². The topological polar surface area (TPSA) is 37.3 Å². The van der Waals surface area contributed by atoms with E-state index < -0.39 is 5.60 Å². The zero-order chi connectivity index (χ0) is 16.5. The molecular weight excluding hydrogens is 284 g/mol. The summed E-state index contributed by atoms with van der Waals surface area (Å²) in [6.07, 6.45) is 18.3. The molecule has 1 fully saturated rings. The summed E-state index contributed by atoms with van der Waals surface area (Å²) in [6, 6.07) is 0. The van der Waals surface area contributed by atoms with Gasteiger partial charge in [0, 0.05) is 23.2 Å². The molecule has 0 aromatic heterocycles. The Bertz CT molecular complexity index is 719. The summed E-state index contributed by atoms with van der Waals surface area (Å²) >= 11 is 0. The summed E-state index contributed by atoms with van der Waals surface area (Å²) in [6.45, 7) is 4.43. The summed E-state index contributed by atoms with van der Waals surface area (Å²) in [4.78, 5) is 11.8. The molecule has 0 bridgehead atoms. The van der Waals surface area contributed by atoms with Crippen molar-refractivity contribution in [3.8, 4) is 12.3 Å². The lowest BCUT2D eigenvalue weighted by Crippen LogP contribution is -2.49. The summed E-state index contributed by atoms with van der Waals surface area (Å²) in [7, 11) is 0. The van der Waals surface area contributed by atoms with Crippen molar-refractivity contribution < 1.29 is 9.90 Å². The molecule has 2 unspecified atom stereocenters. The van der Waals surface area contributed by atoms with Gasteiger partial charge >= 0.3 is 0 Å². The molecule has 2 heteroatoms. The van der Waals surface area contributed by atoms with Crippen LogP contribution in [0.4, 0.5) is 0 Å². The van der Waals surface area contributed by atoms with Crippen LogP contribution in [0.15, 0.2) is 35.5 Å². The van der Waals surface area contributed by atoms with Gasteiger partial charge in [0.2, 0.25) is 0 Å². The number of aliphatic hydroxyl groups is 1. The maximum Gasteiger partial charge on any atom is 0.156 e. The van der Waals surface area contributed by atoms with E-state index in [4.69, 9.17) is 6.42 Å². The van der Waals surface area contributed by atoms with Gasteiger partial charge in [-0.15, -0.1) is 6.42 Å². The van der Waals surface area contributed by atoms with Crippen LogP contribution >= 0.6 is 0 Å². The number of allylic oxidation sites excluding steroid dienone is 6. The van der Waals surface area contributed by atoms with E-state index in [9.17, 15) is 9.90 Å². The normalized spacial score (nSPS) is 47.8. The average molecular weight is 308 g/mol. The number of hydrogen-bond donors (Lipinski definition) is 1. The molecule has 0 heterocycles. The minimum atomic E-state index is -0.993. The van der Waals surface area contributed by atoms with Crippen LogP contribution in [-0.4, -0.2) is 16.5 Å². The molecule has 0 aromatic carbocycles. The predicted octanol–water partition coefficient (Wildman–Crippen LogP) is 3.58. The number of terminal acetylenes is 1. The van der Waals surface area contributed by atoms with Gasteiger partial charge in [-0.3, -0.25) is 4.79 Å². The van der Waals surface area contributed by atoms with Crippen LogP contribution in [0.3, 0.4) is 0 Å². The maximum absolute atomic E-state index is 11.8. The van der Waals surface area contributed by atoms with E-state index in [1.54, 1.807) is 0 Å². The Morgan fingerprint density at radius 2 is 2.13 bits per heavy atom. The van der Waals surface area contributed by atoms with Crippen LogP contribution < -0.4 is 0 Å². The van der Waals surface area contributed by atoms with Crippen molar-refractivity contribution in [3.05, 3.63) is 35.5 Å². The Labute approximate surface area is 138 Å². The second-order valence-corrected chi connectivity index (χ2v) is 8.21. The van der Waals surface area contributed by atoms with E-state index in [0.29, 0.717) is 24.7 Å². The Morgan fingerprint density at radius 1 is 1.35 bits per heavy atom. The lowest BCUT2D eigenvalue weighted by molar-refractivity contribution is -0.115. The predicted molar refractivity (Wildman–Crippen MR) is 90.4 cm³/mol. The number of hydrogen-bond acceptors (Lipinski definition) is 2. The van der Waals surface area contributed by atoms with Gasteiger partial charge in [-0.05, 0) is 43.3 Å². The van der Waals surface area contributed by atoms with Gasteiger partial charge in [-0.1, -0.05) is 43.6 Å². The molecule has 1 N–H and O–H groups in total. The van der Waals surface area contributed by atoms with Gasteiger partial charge in [0.1, 0.15) is 5.60 Å². The van der Waals surface area contributed by atoms with Gasteiger partial charge in [0.25, 0.3) is 0 Å². The third kappa shape index (κ3) is 1.72. The molecule has 0 aliphatic heterocycles. The van der Waals surface area contributed by atoms with Crippen LogP contribution in [0.25, 0.3) is 0 Å². The minimum Gasteiger partial charge on any atom is -0.377 e. The smallest absolute Gasteiger partial charge is 0.156 e. The molecule has 1 saturated carbocycles. The van der Waals surface area contributed by atoms with Crippen molar-refractivity contribution in [2.75, 3.05) is 0 Å². The fourth-order valence-electron chi connectivity index (χ4n) is 5.59. The second-order valence-electron chi connectivity index (χ2n) is 8.21. The van der Waals surface area contributed by atoms with Crippen LogP contribution in [0.2, 0.25) is 0 Å². The fourth-order valence-corrected chi connectivity index (χ4v) is 5.59. The van der Waals surface area contributed by atoms with E-state index >= 15 is 0 Å². The standard InChI is InChI=1S/C21H24O2/c1-4-21(23)12-9-18-16-6-5-14-13-15(22)7-10-19(14,2)17(16)8-11-20(18,21)3/h1,5-6,8,13,16,18,23H,7,9-12H2,2-3H3/t16?,18?,19-,20-,21-/m0/s1. The molecule has 23 heavy (non-hydrogen) atoms. The highest BCUT2D eigenvalue weighted by Gasteiger charge is 2.60. The van der Waals surface area contributed by atoms with Gasteiger partial charge < -0.3 is 5.11 Å². The zero-order valence-electron chi connectivity index (χ0n) is 13.9. The van der Waals surface area contributed by atoms with Crippen molar-refractivity contribution >= 4 is 5.78 Å². The SMILES string of the molecule is C#C[C@]1(O)CCC2C3C=CC4=CC(=O)CC[C@]4(C)C3=CC[C@@]21C. The first-order valence-corrected chi connectivity index (χ1v) is 8.68. The highest BCUT2D eigenvalue weighted by molar-refractivity contribution is 5.92. The number of rotatable bonds is 0. The first-order chi connectivity index (χ1) is 10.8. The molecule has 4 aliphatic carbocycles. The third-order valence-corrected chi connectivity index (χ3v) is 7.30. The van der Waals surface area contributed by atoms with Gasteiger partial charge in [0.15, 0.2) is 5.78 Å². The van der Waals surface area contributed by atoms with Crippen LogP contribution in [-0.2, 0) is 4.79 Å². The molecule has 120 valence electrons. The van der Waals surface area contributed by atoms with E-state index in [1.807, 2.05) is 6.08 Å². The maximum atomic E-state index is 11.8. The van der Waals surface area contributed by atoms with E-state index in [1.165, 1.54) is 5.57 Å². The Kier molecular flexibility index (Phi) is 2.92. The molecule has 0 radical (unpaired) electrons. The lowest BCUT2D eigenvalue weighted by Gasteiger charge is -2.52. The molecular formula is C21H24O2. The molecule has 4 rings (SSSR count). The lowest BCUT2D eigenvalue weighted by atomic mass is 9.52. The Morgan fingerprint density at radius 3 is 2.87 bits per heavy atom. The zero-order valence-corrected chi connectivity index (χ0v) is 13.9. The molecule has 0 spiro atoms. The molecule has 5 atom stereocenters. The summed E-state index contributed by atoms with van der Waals surface area (Å²) < 4.78 is 0. The molecule has 0 saturated heterocycles. The number of carbonyl (C=O) groups excluding carboxylic acids is 1. The molecule has 0 amide bonds.